The summed E-state index contributed by atoms with van der Waals surface area (Å²) in [5.41, 5.74) is 0.680. The number of carbonyl (C=O) groups is 1. The van der Waals surface area contributed by atoms with Crippen molar-refractivity contribution in [1.29, 1.82) is 0 Å². The molecular weight excluding hydrogens is 267 g/mol. The standard InChI is InChI=1S/C13H11FN2O2S/c1-18-11-9(14)5-2-6-10(11)16-13(19)8-4-3-7-15-12(8)17/h2,4-7H,3H2,1H3,(H,16,19). The number of allylic oxidation sites excluding steroid dienone is 1. The number of nitrogens with one attached hydrogen (secondary N) is 1. The summed E-state index contributed by atoms with van der Waals surface area (Å²) in [6.45, 7) is 0. The maximum atomic E-state index is 13.5. The molecule has 1 aromatic rings. The van der Waals surface area contributed by atoms with Crippen LogP contribution in [0.15, 0.2) is 34.8 Å². The Balaban J connectivity index is 2.22. The summed E-state index contributed by atoms with van der Waals surface area (Å²) in [5, 5.41) is 2.81. The lowest BCUT2D eigenvalue weighted by Gasteiger charge is -2.14. The smallest absolute Gasteiger partial charge is 0.279 e. The van der Waals surface area contributed by atoms with Crippen LogP contribution in [0.25, 0.3) is 0 Å². The third-order valence-electron chi connectivity index (χ3n) is 2.53. The largest absolute Gasteiger partial charge is 0.492 e. The fraction of sp³-hybridized carbons (Fsp3) is 0.154. The second-order valence-electron chi connectivity index (χ2n) is 3.75. The lowest BCUT2D eigenvalue weighted by molar-refractivity contribution is -0.113. The molecular formula is C13H11FN2O2S. The third-order valence-corrected chi connectivity index (χ3v) is 2.85. The maximum absolute atomic E-state index is 13.5. The van der Waals surface area contributed by atoms with E-state index in [1.807, 2.05) is 0 Å². The molecule has 19 heavy (non-hydrogen) atoms. The summed E-state index contributed by atoms with van der Waals surface area (Å²) < 4.78 is 18.5. The third kappa shape index (κ3) is 2.85. The van der Waals surface area contributed by atoms with Gasteiger partial charge in [-0.15, -0.1) is 0 Å². The van der Waals surface area contributed by atoms with Crippen molar-refractivity contribution in [2.24, 2.45) is 4.99 Å². The SMILES string of the molecule is COc1c(F)cccc1NC(=S)C1=CCC=NC1=O. The van der Waals surface area contributed by atoms with Crippen LogP contribution in [0.4, 0.5) is 10.1 Å². The van der Waals surface area contributed by atoms with E-state index in [2.05, 4.69) is 10.3 Å². The van der Waals surface area contributed by atoms with Crippen LogP contribution >= 0.6 is 12.2 Å². The number of hydrogen-bond acceptors (Lipinski definition) is 3. The van der Waals surface area contributed by atoms with E-state index in [1.54, 1.807) is 12.1 Å². The van der Waals surface area contributed by atoms with E-state index in [0.29, 0.717) is 17.7 Å². The van der Waals surface area contributed by atoms with Gasteiger partial charge in [0.05, 0.1) is 18.4 Å². The summed E-state index contributed by atoms with van der Waals surface area (Å²) >= 11 is 5.13. The Morgan fingerprint density at radius 2 is 2.32 bits per heavy atom. The van der Waals surface area contributed by atoms with Crippen LogP contribution in [-0.4, -0.2) is 24.2 Å². The number of amides is 1. The zero-order valence-corrected chi connectivity index (χ0v) is 11.0. The van der Waals surface area contributed by atoms with Gasteiger partial charge in [-0.05, 0) is 12.1 Å². The molecule has 1 amide bonds. The number of halogens is 1. The van der Waals surface area contributed by atoms with Crippen LogP contribution in [0.5, 0.6) is 5.75 Å². The van der Waals surface area contributed by atoms with Crippen LogP contribution in [0.2, 0.25) is 0 Å². The lowest BCUT2D eigenvalue weighted by atomic mass is 10.1. The summed E-state index contributed by atoms with van der Waals surface area (Å²) in [6, 6.07) is 4.42. The molecule has 6 heteroatoms. The van der Waals surface area contributed by atoms with Gasteiger partial charge >= 0.3 is 0 Å². The van der Waals surface area contributed by atoms with E-state index in [4.69, 9.17) is 17.0 Å². The first kappa shape index (κ1) is 13.4. The van der Waals surface area contributed by atoms with E-state index in [1.165, 1.54) is 25.5 Å². The number of thiocarbonyl (C=S) groups is 1. The second-order valence-corrected chi connectivity index (χ2v) is 4.15. The Hall–Kier alpha value is -2.08. The van der Waals surface area contributed by atoms with Crippen molar-refractivity contribution in [2.75, 3.05) is 12.4 Å². The first-order chi connectivity index (χ1) is 9.13. The number of aliphatic imine (C=N–C) groups is 1. The lowest BCUT2D eigenvalue weighted by Crippen LogP contribution is -2.20. The zero-order valence-electron chi connectivity index (χ0n) is 10.1. The minimum absolute atomic E-state index is 0.0530. The predicted molar refractivity (Wildman–Crippen MR) is 75.4 cm³/mol. The number of anilines is 1. The quantitative estimate of drug-likeness (QED) is 0.863. The van der Waals surface area contributed by atoms with Gasteiger partial charge in [-0.3, -0.25) is 4.79 Å². The highest BCUT2D eigenvalue weighted by molar-refractivity contribution is 7.81. The number of dihydropyridines is 1. The number of ether oxygens (including phenoxy) is 1. The van der Waals surface area contributed by atoms with Gasteiger partial charge in [-0.1, -0.05) is 24.4 Å². The molecule has 0 saturated heterocycles. The molecule has 1 aromatic carbocycles. The molecule has 98 valence electrons. The molecule has 0 bridgehead atoms. The molecule has 0 saturated carbocycles. The van der Waals surface area contributed by atoms with Gasteiger partial charge in [0.15, 0.2) is 11.6 Å². The van der Waals surface area contributed by atoms with Crippen molar-refractivity contribution in [3.8, 4) is 5.75 Å². The summed E-state index contributed by atoms with van der Waals surface area (Å²) in [6.07, 6.45) is 3.73. The van der Waals surface area contributed by atoms with E-state index >= 15 is 0 Å². The molecule has 0 spiro atoms. The van der Waals surface area contributed by atoms with Crippen LogP contribution < -0.4 is 10.1 Å². The molecule has 1 N–H and O–H groups in total. The van der Waals surface area contributed by atoms with Gasteiger partial charge in [-0.2, -0.15) is 0 Å². The van der Waals surface area contributed by atoms with Crippen molar-refractivity contribution in [3.05, 3.63) is 35.7 Å². The Morgan fingerprint density at radius 1 is 1.53 bits per heavy atom. The number of rotatable bonds is 3. The molecule has 0 aliphatic carbocycles. The molecule has 0 fully saturated rings. The Bertz CT molecular complexity index is 596. The molecule has 4 nitrogen and oxygen atoms in total. The second kappa shape index (κ2) is 5.71. The van der Waals surface area contributed by atoms with Crippen molar-refractivity contribution in [1.82, 2.24) is 0 Å². The fourth-order valence-corrected chi connectivity index (χ4v) is 1.94. The average molecular weight is 278 g/mol. The molecule has 0 aromatic heterocycles. The molecule has 0 unspecified atom stereocenters. The molecule has 1 aliphatic heterocycles. The zero-order chi connectivity index (χ0) is 13.8. The van der Waals surface area contributed by atoms with Crippen LogP contribution in [0, 0.1) is 5.82 Å². The maximum Gasteiger partial charge on any atom is 0.279 e. The highest BCUT2D eigenvalue weighted by Crippen LogP contribution is 2.28. The van der Waals surface area contributed by atoms with Gasteiger partial charge in [0.1, 0.15) is 4.99 Å². The summed E-state index contributed by atoms with van der Waals surface area (Å²) in [4.78, 5) is 15.4. The highest BCUT2D eigenvalue weighted by Gasteiger charge is 2.17. The number of para-hydroxylation sites is 1. The highest BCUT2D eigenvalue weighted by atomic mass is 32.1. The number of methoxy groups -OCH3 is 1. The number of benzene rings is 1. The molecule has 0 atom stereocenters. The van der Waals surface area contributed by atoms with Crippen LogP contribution in [0.3, 0.4) is 0 Å². The Kier molecular flexibility index (Phi) is 4.01. The monoisotopic (exact) mass is 278 g/mol. The summed E-state index contributed by atoms with van der Waals surface area (Å²) in [7, 11) is 1.36. The van der Waals surface area contributed by atoms with Crippen LogP contribution in [0.1, 0.15) is 6.42 Å². The normalized spacial score (nSPS) is 14.0. The fourth-order valence-electron chi connectivity index (χ4n) is 1.66. The average Bonchev–Trinajstić information content (AvgIpc) is 2.39. The van der Waals surface area contributed by atoms with E-state index in [9.17, 15) is 9.18 Å². The van der Waals surface area contributed by atoms with Crippen molar-refractivity contribution >= 4 is 35.0 Å². The van der Waals surface area contributed by atoms with Crippen molar-refractivity contribution in [3.63, 3.8) is 0 Å². The van der Waals surface area contributed by atoms with Crippen molar-refractivity contribution < 1.29 is 13.9 Å². The van der Waals surface area contributed by atoms with Gasteiger partial charge in [0.25, 0.3) is 5.91 Å². The topological polar surface area (TPSA) is 50.7 Å². The first-order valence-corrected chi connectivity index (χ1v) is 5.95. The minimum Gasteiger partial charge on any atom is -0.492 e. The molecule has 1 heterocycles. The molecule has 1 aliphatic rings. The van der Waals surface area contributed by atoms with E-state index in [-0.39, 0.29) is 10.7 Å². The van der Waals surface area contributed by atoms with Crippen molar-refractivity contribution in [2.45, 2.75) is 6.42 Å². The van der Waals surface area contributed by atoms with Gasteiger partial charge < -0.3 is 10.1 Å². The van der Waals surface area contributed by atoms with Gasteiger partial charge in [0.2, 0.25) is 0 Å². The number of carbonyl (C=O) groups excluding carboxylic acids is 1. The Morgan fingerprint density at radius 3 is 3.00 bits per heavy atom. The number of nitrogens with zero attached hydrogens (tertiary/aromatic N) is 1. The molecule has 2 rings (SSSR count). The Labute approximate surface area is 115 Å². The van der Waals surface area contributed by atoms with Gasteiger partial charge in [-0.25, -0.2) is 9.38 Å². The number of hydrogen-bond donors (Lipinski definition) is 1. The molecule has 0 radical (unpaired) electrons. The van der Waals surface area contributed by atoms with Crippen LogP contribution in [-0.2, 0) is 4.79 Å². The van der Waals surface area contributed by atoms with E-state index < -0.39 is 11.7 Å². The predicted octanol–water partition coefficient (Wildman–Crippen LogP) is 2.50. The first-order valence-electron chi connectivity index (χ1n) is 5.54. The van der Waals surface area contributed by atoms with E-state index in [0.717, 1.165) is 0 Å². The summed E-state index contributed by atoms with van der Waals surface area (Å²) in [5.74, 6) is -0.853. The van der Waals surface area contributed by atoms with Gasteiger partial charge in [0, 0.05) is 12.6 Å². The minimum atomic E-state index is -0.503.